The maximum absolute atomic E-state index is 6.33. The van der Waals surface area contributed by atoms with E-state index in [0.717, 1.165) is 40.7 Å². The van der Waals surface area contributed by atoms with Gasteiger partial charge in [0.05, 0.1) is 5.70 Å². The number of aryl methyl sites for hydroxylation is 1. The minimum Gasteiger partial charge on any atom is -0.456 e. The van der Waals surface area contributed by atoms with Gasteiger partial charge < -0.3 is 15.9 Å². The zero-order chi connectivity index (χ0) is 41.9. The lowest BCUT2D eigenvalue weighted by atomic mass is 9.92. The first kappa shape index (κ1) is 42.5. The van der Waals surface area contributed by atoms with E-state index in [2.05, 4.69) is 152 Å². The van der Waals surface area contributed by atoms with Crippen LogP contribution in [0.25, 0.3) is 49.9 Å². The van der Waals surface area contributed by atoms with Crippen molar-refractivity contribution < 1.29 is 4.42 Å². The molecule has 0 bridgehead atoms. The molecule has 4 heteroatoms. The minimum absolute atomic E-state index is 0.640. The molecule has 0 saturated heterocycles. The molecule has 298 valence electrons. The number of furan rings is 1. The molecule has 1 aromatic heterocycles. The van der Waals surface area contributed by atoms with Gasteiger partial charge in [0.25, 0.3) is 0 Å². The number of hydrogen-bond donors (Lipinski definition) is 2. The van der Waals surface area contributed by atoms with Crippen LogP contribution in [0.3, 0.4) is 0 Å². The van der Waals surface area contributed by atoms with Gasteiger partial charge in [0.1, 0.15) is 11.2 Å². The van der Waals surface area contributed by atoms with Crippen molar-refractivity contribution in [2.45, 2.75) is 26.3 Å². The van der Waals surface area contributed by atoms with Crippen LogP contribution in [0.1, 0.15) is 33.4 Å². The van der Waals surface area contributed by atoms with Gasteiger partial charge in [-0.25, -0.2) is 0 Å². The first-order valence-corrected chi connectivity index (χ1v) is 20.3. The van der Waals surface area contributed by atoms with Gasteiger partial charge in [-0.05, 0) is 102 Å². The minimum atomic E-state index is 0.640. The topological polar surface area (TPSA) is 77.5 Å². The molecule has 0 fully saturated rings. The molecular formula is C56H53N3O. The highest BCUT2D eigenvalue weighted by Gasteiger charge is 2.15. The standard InChI is InChI=1S/C32H24O.C16H15N.C7H9N.CH5N/c1-22-9-7-13-25(17-22)27-20-29(32-28-15-5-6-16-30(28)33-31(32)21-27)26-14-8-12-24(19-26)18-23-10-3-2-4-11-23;1-17-16(15-10-6-3-7-11-15)13-12-14-8-4-2-5-9-14;8-6-7-4-2-1-3-5-7;1-2/h2-17,19-21H,18H2,1H3;2-11,13H,1,12H2;1-5H,6,8H2;2H2,1H3/b;16-13-;;. The summed E-state index contributed by atoms with van der Waals surface area (Å²) in [7, 11) is 1.50. The Balaban J connectivity index is 0.000000185. The molecule has 0 aliphatic heterocycles. The van der Waals surface area contributed by atoms with Crippen LogP contribution in [-0.4, -0.2) is 13.8 Å². The second-order valence-corrected chi connectivity index (χ2v) is 14.2. The van der Waals surface area contributed by atoms with E-state index in [0.29, 0.717) is 6.54 Å². The van der Waals surface area contributed by atoms with Crippen LogP contribution in [0.2, 0.25) is 0 Å². The van der Waals surface area contributed by atoms with Crippen molar-refractivity contribution in [2.24, 2.45) is 16.5 Å². The Kier molecular flexibility index (Phi) is 15.7. The summed E-state index contributed by atoms with van der Waals surface area (Å²) in [5.41, 5.74) is 24.9. The molecule has 8 aromatic carbocycles. The molecule has 0 aliphatic carbocycles. The van der Waals surface area contributed by atoms with E-state index in [-0.39, 0.29) is 0 Å². The van der Waals surface area contributed by atoms with E-state index < -0.39 is 0 Å². The van der Waals surface area contributed by atoms with Crippen LogP contribution in [0.15, 0.2) is 222 Å². The SMILES string of the molecule is C=N/C(=C\Cc1ccccc1)c1ccccc1.CN.Cc1cccc(-c2cc(-c3cccc(Cc4ccccc4)c3)c3c(c2)oc2ccccc23)c1.NCc1ccccc1. The van der Waals surface area contributed by atoms with E-state index in [4.69, 9.17) is 10.2 Å². The second-order valence-electron chi connectivity index (χ2n) is 14.2. The monoisotopic (exact) mass is 783 g/mol. The predicted molar refractivity (Wildman–Crippen MR) is 257 cm³/mol. The lowest BCUT2D eigenvalue weighted by Crippen LogP contribution is -1.94. The number of nitrogens with two attached hydrogens (primary N) is 2. The Morgan fingerprint density at radius 1 is 0.533 bits per heavy atom. The number of nitrogens with zero attached hydrogens (tertiary/aromatic N) is 1. The number of rotatable bonds is 9. The first-order chi connectivity index (χ1) is 29.6. The molecule has 0 unspecified atom stereocenters. The molecule has 60 heavy (non-hydrogen) atoms. The third-order valence-corrected chi connectivity index (χ3v) is 10.0. The van der Waals surface area contributed by atoms with Crippen LogP contribution in [0.5, 0.6) is 0 Å². The van der Waals surface area contributed by atoms with Crippen molar-refractivity contribution in [2.75, 3.05) is 7.05 Å². The molecule has 4 N–H and O–H groups in total. The highest BCUT2D eigenvalue weighted by Crippen LogP contribution is 2.40. The fourth-order valence-electron chi connectivity index (χ4n) is 7.08. The van der Waals surface area contributed by atoms with Crippen molar-refractivity contribution in [3.63, 3.8) is 0 Å². The molecule has 0 spiro atoms. The molecule has 0 aliphatic rings. The summed E-state index contributed by atoms with van der Waals surface area (Å²) in [4.78, 5) is 4.08. The predicted octanol–water partition coefficient (Wildman–Crippen LogP) is 13.5. The summed E-state index contributed by atoms with van der Waals surface area (Å²) in [6, 6.07) is 71.5. The molecule has 4 nitrogen and oxygen atoms in total. The number of allylic oxidation sites excluding steroid dienone is 1. The van der Waals surface area contributed by atoms with Gasteiger partial charge in [-0.1, -0.05) is 200 Å². The van der Waals surface area contributed by atoms with E-state index >= 15 is 0 Å². The van der Waals surface area contributed by atoms with Gasteiger partial charge >= 0.3 is 0 Å². The van der Waals surface area contributed by atoms with Crippen molar-refractivity contribution >= 4 is 34.4 Å². The zero-order valence-electron chi connectivity index (χ0n) is 34.5. The maximum atomic E-state index is 6.33. The van der Waals surface area contributed by atoms with E-state index in [9.17, 15) is 0 Å². The third kappa shape index (κ3) is 11.5. The van der Waals surface area contributed by atoms with Crippen LogP contribution in [0.4, 0.5) is 0 Å². The Morgan fingerprint density at radius 3 is 1.73 bits per heavy atom. The summed E-state index contributed by atoms with van der Waals surface area (Å²) in [5.74, 6) is 0. The fourth-order valence-corrected chi connectivity index (χ4v) is 7.08. The van der Waals surface area contributed by atoms with Crippen LogP contribution < -0.4 is 11.5 Å². The quantitative estimate of drug-likeness (QED) is 0.143. The van der Waals surface area contributed by atoms with Crippen molar-refractivity contribution in [1.82, 2.24) is 0 Å². The molecule has 0 atom stereocenters. The number of aliphatic imine (C=N–C) groups is 1. The van der Waals surface area contributed by atoms with Crippen molar-refractivity contribution in [3.05, 3.63) is 246 Å². The normalized spacial score (nSPS) is 10.7. The number of benzene rings is 8. The van der Waals surface area contributed by atoms with Gasteiger partial charge in [-0.2, -0.15) is 0 Å². The smallest absolute Gasteiger partial charge is 0.136 e. The molecule has 9 rings (SSSR count). The van der Waals surface area contributed by atoms with E-state index in [1.54, 1.807) is 0 Å². The lowest BCUT2D eigenvalue weighted by molar-refractivity contribution is 0.669. The Labute approximate surface area is 355 Å². The molecule has 1 heterocycles. The van der Waals surface area contributed by atoms with Gasteiger partial charge in [0.15, 0.2) is 0 Å². The van der Waals surface area contributed by atoms with E-state index in [1.807, 2.05) is 84.9 Å². The van der Waals surface area contributed by atoms with Crippen LogP contribution in [0, 0.1) is 6.92 Å². The summed E-state index contributed by atoms with van der Waals surface area (Å²) < 4.78 is 6.33. The maximum Gasteiger partial charge on any atom is 0.136 e. The van der Waals surface area contributed by atoms with Gasteiger partial charge in [-0.15, -0.1) is 0 Å². The average Bonchev–Trinajstić information content (AvgIpc) is 3.70. The summed E-state index contributed by atoms with van der Waals surface area (Å²) in [5, 5.41) is 2.34. The average molecular weight is 784 g/mol. The van der Waals surface area contributed by atoms with Gasteiger partial charge in [0, 0.05) is 17.3 Å². The Morgan fingerprint density at radius 2 is 1.10 bits per heavy atom. The second kappa shape index (κ2) is 22.2. The molecule has 0 radical (unpaired) electrons. The van der Waals surface area contributed by atoms with Crippen LogP contribution >= 0.6 is 0 Å². The van der Waals surface area contributed by atoms with Crippen LogP contribution in [-0.2, 0) is 19.4 Å². The highest BCUT2D eigenvalue weighted by atomic mass is 16.3. The van der Waals surface area contributed by atoms with Crippen molar-refractivity contribution in [3.8, 4) is 22.3 Å². The fraction of sp³-hybridized carbons (Fsp3) is 0.0893. The highest BCUT2D eigenvalue weighted by molar-refractivity contribution is 6.13. The number of hydrogen-bond acceptors (Lipinski definition) is 4. The summed E-state index contributed by atoms with van der Waals surface area (Å²) in [6.45, 7) is 6.41. The molecule has 9 aromatic rings. The Bertz CT molecular complexity index is 2720. The van der Waals surface area contributed by atoms with Crippen molar-refractivity contribution in [1.29, 1.82) is 0 Å². The molecule has 0 amide bonds. The summed E-state index contributed by atoms with van der Waals surface area (Å²) >= 11 is 0. The van der Waals surface area contributed by atoms with E-state index in [1.165, 1.54) is 62.5 Å². The molecular weight excluding hydrogens is 731 g/mol. The number of para-hydroxylation sites is 1. The number of fused-ring (bicyclic) bond motifs is 3. The largest absolute Gasteiger partial charge is 0.456 e. The molecule has 0 saturated carbocycles. The lowest BCUT2D eigenvalue weighted by Gasteiger charge is -2.11. The first-order valence-electron chi connectivity index (χ1n) is 20.3. The Hall–Kier alpha value is -7.11. The van der Waals surface area contributed by atoms with Gasteiger partial charge in [-0.3, -0.25) is 4.99 Å². The third-order valence-electron chi connectivity index (χ3n) is 10.0. The summed E-state index contributed by atoms with van der Waals surface area (Å²) in [6.07, 6.45) is 3.91. The van der Waals surface area contributed by atoms with Gasteiger partial charge in [0.2, 0.25) is 0 Å². The zero-order valence-corrected chi connectivity index (χ0v) is 34.5.